The first-order valence-electron chi connectivity index (χ1n) is 8.45. The third kappa shape index (κ3) is 7.93. The molecule has 0 saturated carbocycles. The van der Waals surface area contributed by atoms with Crippen molar-refractivity contribution in [2.75, 3.05) is 26.0 Å². The van der Waals surface area contributed by atoms with E-state index in [1.54, 1.807) is 7.11 Å². The first-order chi connectivity index (χ1) is 13.1. The number of hydrogen-bond acceptors (Lipinski definition) is 5. The fourth-order valence-electron chi connectivity index (χ4n) is 2.24. The molecule has 0 aromatic heterocycles. The van der Waals surface area contributed by atoms with E-state index in [-0.39, 0.29) is 18.3 Å². The van der Waals surface area contributed by atoms with E-state index in [9.17, 15) is 9.59 Å². The lowest BCUT2D eigenvalue weighted by molar-refractivity contribution is -0.145. The molecule has 0 saturated heterocycles. The fourth-order valence-corrected chi connectivity index (χ4v) is 3.34. The van der Waals surface area contributed by atoms with Gasteiger partial charge in [-0.05, 0) is 35.7 Å². The van der Waals surface area contributed by atoms with Crippen molar-refractivity contribution in [3.05, 3.63) is 64.7 Å². The van der Waals surface area contributed by atoms with Crippen LogP contribution in [0.25, 0.3) is 0 Å². The second-order valence-electron chi connectivity index (χ2n) is 5.69. The Labute approximate surface area is 168 Å². The van der Waals surface area contributed by atoms with Gasteiger partial charge in [0.15, 0.2) is 6.61 Å². The Hall–Kier alpha value is -2.18. The summed E-state index contributed by atoms with van der Waals surface area (Å²) in [5.41, 5.74) is 2.05. The standard InChI is InChI=1S/C20H22ClNO4S/c1-25-17-8-6-15(7-9-17)10-11-22-19(23)12-26-20(24)14-27-13-16-4-2-3-5-18(16)21/h2-9H,10-14H2,1H3,(H,22,23). The number of methoxy groups -OCH3 is 1. The zero-order chi connectivity index (χ0) is 19.5. The maximum atomic E-state index is 11.7. The van der Waals surface area contributed by atoms with E-state index < -0.39 is 5.97 Å². The van der Waals surface area contributed by atoms with Gasteiger partial charge in [0.1, 0.15) is 5.75 Å². The third-order valence-electron chi connectivity index (χ3n) is 3.69. The normalized spacial score (nSPS) is 10.3. The highest BCUT2D eigenvalue weighted by Gasteiger charge is 2.08. The summed E-state index contributed by atoms with van der Waals surface area (Å²) in [5.74, 6) is 0.847. The minimum atomic E-state index is -0.419. The zero-order valence-corrected chi connectivity index (χ0v) is 16.6. The van der Waals surface area contributed by atoms with E-state index in [4.69, 9.17) is 21.1 Å². The number of carbonyl (C=O) groups excluding carboxylic acids is 2. The number of carbonyl (C=O) groups is 2. The molecular formula is C20H22ClNO4S. The van der Waals surface area contributed by atoms with Gasteiger partial charge in [0, 0.05) is 17.3 Å². The number of amides is 1. The van der Waals surface area contributed by atoms with Crippen LogP contribution < -0.4 is 10.1 Å². The molecule has 2 aromatic carbocycles. The monoisotopic (exact) mass is 407 g/mol. The second kappa shape index (κ2) is 11.5. The lowest BCUT2D eigenvalue weighted by atomic mass is 10.1. The Bertz CT molecular complexity index is 752. The van der Waals surface area contributed by atoms with Crippen molar-refractivity contribution in [2.24, 2.45) is 0 Å². The summed E-state index contributed by atoms with van der Waals surface area (Å²) in [6, 6.07) is 15.1. The minimum Gasteiger partial charge on any atom is -0.497 e. The highest BCUT2D eigenvalue weighted by atomic mass is 35.5. The molecule has 5 nitrogen and oxygen atoms in total. The van der Waals surface area contributed by atoms with E-state index in [2.05, 4.69) is 5.32 Å². The lowest BCUT2D eigenvalue weighted by Crippen LogP contribution is -2.30. The molecule has 0 atom stereocenters. The van der Waals surface area contributed by atoms with Gasteiger partial charge in [-0.25, -0.2) is 0 Å². The van der Waals surface area contributed by atoms with E-state index in [0.717, 1.165) is 16.9 Å². The van der Waals surface area contributed by atoms with Crippen LogP contribution in [0.4, 0.5) is 0 Å². The Kier molecular flexibility index (Phi) is 9.01. The van der Waals surface area contributed by atoms with Crippen LogP contribution in [-0.2, 0) is 26.5 Å². The summed E-state index contributed by atoms with van der Waals surface area (Å²) in [4.78, 5) is 23.5. The van der Waals surface area contributed by atoms with Gasteiger partial charge in [-0.1, -0.05) is 41.9 Å². The Balaban J connectivity index is 1.57. The number of nitrogens with one attached hydrogen (secondary N) is 1. The van der Waals surface area contributed by atoms with Crippen molar-refractivity contribution in [3.8, 4) is 5.75 Å². The van der Waals surface area contributed by atoms with Crippen molar-refractivity contribution < 1.29 is 19.1 Å². The van der Waals surface area contributed by atoms with Crippen LogP contribution in [0.5, 0.6) is 5.75 Å². The topological polar surface area (TPSA) is 64.6 Å². The van der Waals surface area contributed by atoms with E-state index in [0.29, 0.717) is 23.7 Å². The first-order valence-corrected chi connectivity index (χ1v) is 9.98. The molecule has 7 heteroatoms. The van der Waals surface area contributed by atoms with Gasteiger partial charge in [-0.2, -0.15) is 0 Å². The summed E-state index contributed by atoms with van der Waals surface area (Å²) in [6.45, 7) is 0.206. The predicted molar refractivity (Wildman–Crippen MR) is 108 cm³/mol. The molecule has 0 radical (unpaired) electrons. The summed E-state index contributed by atoms with van der Waals surface area (Å²) < 4.78 is 10.1. The second-order valence-corrected chi connectivity index (χ2v) is 7.09. The molecule has 2 rings (SSSR count). The van der Waals surface area contributed by atoms with E-state index in [1.165, 1.54) is 11.8 Å². The number of esters is 1. The molecule has 0 bridgehead atoms. The number of thioether (sulfide) groups is 1. The largest absolute Gasteiger partial charge is 0.497 e. The van der Waals surface area contributed by atoms with E-state index in [1.807, 2.05) is 48.5 Å². The highest BCUT2D eigenvalue weighted by Crippen LogP contribution is 2.20. The number of rotatable bonds is 10. The molecule has 0 heterocycles. The van der Waals surface area contributed by atoms with Crippen molar-refractivity contribution in [2.45, 2.75) is 12.2 Å². The highest BCUT2D eigenvalue weighted by molar-refractivity contribution is 7.99. The Morgan fingerprint density at radius 1 is 1.11 bits per heavy atom. The lowest BCUT2D eigenvalue weighted by Gasteiger charge is -2.08. The quantitative estimate of drug-likeness (QED) is 0.611. The molecule has 0 unspecified atom stereocenters. The number of hydrogen-bond donors (Lipinski definition) is 1. The van der Waals surface area contributed by atoms with Crippen LogP contribution in [0.2, 0.25) is 5.02 Å². The molecule has 0 aliphatic heterocycles. The number of benzene rings is 2. The molecule has 0 fully saturated rings. The molecule has 144 valence electrons. The zero-order valence-electron chi connectivity index (χ0n) is 15.1. The molecule has 1 N–H and O–H groups in total. The molecule has 0 aliphatic rings. The minimum absolute atomic E-state index is 0.171. The Morgan fingerprint density at radius 3 is 2.56 bits per heavy atom. The molecule has 2 aromatic rings. The SMILES string of the molecule is COc1ccc(CCNC(=O)COC(=O)CSCc2ccccc2Cl)cc1. The van der Waals surface area contributed by atoms with Gasteiger partial charge < -0.3 is 14.8 Å². The summed E-state index contributed by atoms with van der Waals surface area (Å²) in [6.07, 6.45) is 0.692. The van der Waals surface area contributed by atoms with Gasteiger partial charge in [0.25, 0.3) is 5.91 Å². The first kappa shape index (κ1) is 21.1. The van der Waals surface area contributed by atoms with Crippen LogP contribution in [0.1, 0.15) is 11.1 Å². The number of halogens is 1. The van der Waals surface area contributed by atoms with Crippen molar-refractivity contribution >= 4 is 35.2 Å². The van der Waals surface area contributed by atoms with Gasteiger partial charge in [0.2, 0.25) is 0 Å². The fraction of sp³-hybridized carbons (Fsp3) is 0.300. The third-order valence-corrected chi connectivity index (χ3v) is 5.02. The van der Waals surface area contributed by atoms with Crippen LogP contribution >= 0.6 is 23.4 Å². The average Bonchev–Trinajstić information content (AvgIpc) is 2.68. The molecular weight excluding hydrogens is 386 g/mol. The van der Waals surface area contributed by atoms with Gasteiger partial charge >= 0.3 is 5.97 Å². The van der Waals surface area contributed by atoms with Gasteiger partial charge in [0.05, 0.1) is 12.9 Å². The molecule has 27 heavy (non-hydrogen) atoms. The van der Waals surface area contributed by atoms with Crippen molar-refractivity contribution in [1.29, 1.82) is 0 Å². The predicted octanol–water partition coefficient (Wildman–Crippen LogP) is 3.48. The van der Waals surface area contributed by atoms with Crippen LogP contribution in [0.3, 0.4) is 0 Å². The summed E-state index contributed by atoms with van der Waals surface area (Å²) in [5, 5.41) is 3.41. The molecule has 1 amide bonds. The molecule has 0 aliphatic carbocycles. The van der Waals surface area contributed by atoms with Crippen LogP contribution in [0.15, 0.2) is 48.5 Å². The van der Waals surface area contributed by atoms with Gasteiger partial charge in [-0.15, -0.1) is 11.8 Å². The Morgan fingerprint density at radius 2 is 1.85 bits per heavy atom. The maximum Gasteiger partial charge on any atom is 0.316 e. The maximum absolute atomic E-state index is 11.7. The average molecular weight is 408 g/mol. The smallest absolute Gasteiger partial charge is 0.316 e. The van der Waals surface area contributed by atoms with Crippen LogP contribution in [-0.4, -0.2) is 37.9 Å². The molecule has 0 spiro atoms. The van der Waals surface area contributed by atoms with Crippen LogP contribution in [0, 0.1) is 0 Å². The number of ether oxygens (including phenoxy) is 2. The summed E-state index contributed by atoms with van der Waals surface area (Å²) in [7, 11) is 1.62. The van der Waals surface area contributed by atoms with Crippen molar-refractivity contribution in [3.63, 3.8) is 0 Å². The van der Waals surface area contributed by atoms with Crippen molar-refractivity contribution in [1.82, 2.24) is 5.32 Å². The summed E-state index contributed by atoms with van der Waals surface area (Å²) >= 11 is 7.46. The van der Waals surface area contributed by atoms with E-state index >= 15 is 0 Å². The van der Waals surface area contributed by atoms with Gasteiger partial charge in [-0.3, -0.25) is 9.59 Å².